The number of ether oxygens (including phenoxy) is 1. The summed E-state index contributed by atoms with van der Waals surface area (Å²) < 4.78 is 10.6. The fourth-order valence-electron chi connectivity index (χ4n) is 2.00. The lowest BCUT2D eigenvalue weighted by atomic mass is 10.0. The summed E-state index contributed by atoms with van der Waals surface area (Å²) in [6, 6.07) is 0.371. The Balaban J connectivity index is 2.64. The van der Waals surface area contributed by atoms with E-state index in [4.69, 9.17) is 9.26 Å². The van der Waals surface area contributed by atoms with Crippen LogP contribution in [0.25, 0.3) is 0 Å². The van der Waals surface area contributed by atoms with Gasteiger partial charge in [0, 0.05) is 19.6 Å². The molecule has 5 nitrogen and oxygen atoms in total. The molecule has 2 unspecified atom stereocenters. The number of nitrogens with one attached hydrogen (secondary N) is 1. The molecule has 0 aliphatic heterocycles. The van der Waals surface area contributed by atoms with Gasteiger partial charge in [-0.2, -0.15) is 4.98 Å². The van der Waals surface area contributed by atoms with E-state index in [2.05, 4.69) is 36.2 Å². The molecule has 0 aliphatic rings. The maximum atomic E-state index is 5.33. The Labute approximate surface area is 116 Å². The summed E-state index contributed by atoms with van der Waals surface area (Å²) in [5.74, 6) is 1.87. The summed E-state index contributed by atoms with van der Waals surface area (Å²) in [7, 11) is 1.67. The Morgan fingerprint density at radius 2 is 2.05 bits per heavy atom. The van der Waals surface area contributed by atoms with Gasteiger partial charge >= 0.3 is 0 Å². The number of hydrogen-bond acceptors (Lipinski definition) is 5. The van der Waals surface area contributed by atoms with E-state index in [1.54, 1.807) is 7.11 Å². The Bertz CT molecular complexity index is 348. The molecule has 1 N–H and O–H groups in total. The van der Waals surface area contributed by atoms with Crippen LogP contribution in [0.1, 0.15) is 58.4 Å². The SMILES string of the molecule is CCCNC(Cc1nc(C(CC)OC)no1)C(C)C. The summed E-state index contributed by atoms with van der Waals surface area (Å²) >= 11 is 0. The Morgan fingerprint density at radius 1 is 1.32 bits per heavy atom. The maximum Gasteiger partial charge on any atom is 0.228 e. The van der Waals surface area contributed by atoms with Crippen LogP contribution < -0.4 is 5.32 Å². The van der Waals surface area contributed by atoms with E-state index in [9.17, 15) is 0 Å². The van der Waals surface area contributed by atoms with Crippen LogP contribution in [0, 0.1) is 5.92 Å². The van der Waals surface area contributed by atoms with Gasteiger partial charge in [-0.05, 0) is 25.3 Å². The molecule has 0 spiro atoms. The van der Waals surface area contributed by atoms with Gasteiger partial charge in [-0.1, -0.05) is 32.9 Å². The molecule has 0 bridgehead atoms. The van der Waals surface area contributed by atoms with Crippen LogP contribution in [-0.2, 0) is 11.2 Å². The normalized spacial score (nSPS) is 14.8. The highest BCUT2D eigenvalue weighted by Crippen LogP contribution is 2.17. The fraction of sp³-hybridized carbons (Fsp3) is 0.857. The highest BCUT2D eigenvalue weighted by Gasteiger charge is 2.20. The van der Waals surface area contributed by atoms with Crippen LogP contribution in [0.4, 0.5) is 0 Å². The largest absolute Gasteiger partial charge is 0.373 e. The first-order valence-electron chi connectivity index (χ1n) is 7.20. The zero-order valence-electron chi connectivity index (χ0n) is 12.8. The lowest BCUT2D eigenvalue weighted by Gasteiger charge is -2.20. The van der Waals surface area contributed by atoms with Gasteiger partial charge in [0.05, 0.1) is 0 Å². The highest BCUT2D eigenvalue weighted by atomic mass is 16.5. The van der Waals surface area contributed by atoms with E-state index in [-0.39, 0.29) is 6.10 Å². The maximum absolute atomic E-state index is 5.33. The van der Waals surface area contributed by atoms with E-state index in [1.165, 1.54) is 0 Å². The second kappa shape index (κ2) is 8.27. The molecule has 1 aromatic rings. The zero-order valence-corrected chi connectivity index (χ0v) is 12.8. The van der Waals surface area contributed by atoms with E-state index in [1.807, 2.05) is 6.92 Å². The number of nitrogens with zero attached hydrogens (tertiary/aromatic N) is 2. The minimum absolute atomic E-state index is 0.0707. The summed E-state index contributed by atoms with van der Waals surface area (Å²) in [4.78, 5) is 4.44. The minimum atomic E-state index is -0.0707. The van der Waals surface area contributed by atoms with Crippen LogP contribution in [0.3, 0.4) is 0 Å². The van der Waals surface area contributed by atoms with Gasteiger partial charge in [0.15, 0.2) is 0 Å². The second-order valence-corrected chi connectivity index (χ2v) is 5.19. The molecule has 2 atom stereocenters. The van der Waals surface area contributed by atoms with Crippen molar-refractivity contribution < 1.29 is 9.26 Å². The van der Waals surface area contributed by atoms with Crippen molar-refractivity contribution in [3.05, 3.63) is 11.7 Å². The molecule has 0 aliphatic carbocycles. The van der Waals surface area contributed by atoms with Crippen molar-refractivity contribution in [1.29, 1.82) is 0 Å². The third kappa shape index (κ3) is 4.91. The second-order valence-electron chi connectivity index (χ2n) is 5.19. The lowest BCUT2D eigenvalue weighted by molar-refractivity contribution is 0.0903. The molecular formula is C14H27N3O2. The predicted octanol–water partition coefficient (Wildman–Crippen LogP) is 2.73. The first-order valence-corrected chi connectivity index (χ1v) is 7.20. The van der Waals surface area contributed by atoms with Gasteiger partial charge in [-0.15, -0.1) is 0 Å². The number of methoxy groups -OCH3 is 1. The van der Waals surface area contributed by atoms with Crippen molar-refractivity contribution in [3.8, 4) is 0 Å². The summed E-state index contributed by atoms with van der Waals surface area (Å²) in [5, 5.41) is 7.54. The molecule has 1 rings (SSSR count). The van der Waals surface area contributed by atoms with Crippen molar-refractivity contribution in [2.24, 2.45) is 5.92 Å². The van der Waals surface area contributed by atoms with Crippen LogP contribution in [0.5, 0.6) is 0 Å². The molecule has 19 heavy (non-hydrogen) atoms. The third-order valence-corrected chi connectivity index (χ3v) is 3.28. The average Bonchev–Trinajstić information content (AvgIpc) is 2.84. The van der Waals surface area contributed by atoms with Gasteiger partial charge in [0.2, 0.25) is 11.7 Å². The van der Waals surface area contributed by atoms with Crippen LogP contribution >= 0.6 is 0 Å². The third-order valence-electron chi connectivity index (χ3n) is 3.28. The van der Waals surface area contributed by atoms with Crippen molar-refractivity contribution in [1.82, 2.24) is 15.5 Å². The summed E-state index contributed by atoms with van der Waals surface area (Å²) in [5.41, 5.74) is 0. The van der Waals surface area contributed by atoms with E-state index in [0.717, 1.165) is 25.8 Å². The predicted molar refractivity (Wildman–Crippen MR) is 75.0 cm³/mol. The van der Waals surface area contributed by atoms with Crippen LogP contribution in [-0.4, -0.2) is 29.8 Å². The Hall–Kier alpha value is -0.940. The standard InChI is InChI=1S/C14H27N3O2/c1-6-8-15-11(10(3)4)9-13-16-14(17-19-13)12(7-2)18-5/h10-12,15H,6-9H2,1-5H3. The summed E-state index contributed by atoms with van der Waals surface area (Å²) in [6.07, 6.45) is 2.67. The van der Waals surface area contributed by atoms with Crippen LogP contribution in [0.15, 0.2) is 4.52 Å². The molecule has 0 aromatic carbocycles. The van der Waals surface area contributed by atoms with Gasteiger partial charge in [-0.25, -0.2) is 0 Å². The number of rotatable bonds is 9. The zero-order chi connectivity index (χ0) is 14.3. The smallest absolute Gasteiger partial charge is 0.228 e. The van der Waals surface area contributed by atoms with Crippen LogP contribution in [0.2, 0.25) is 0 Å². The van der Waals surface area contributed by atoms with Crippen molar-refractivity contribution in [2.45, 2.75) is 59.1 Å². The molecule has 1 aromatic heterocycles. The molecule has 0 saturated heterocycles. The number of hydrogen-bond donors (Lipinski definition) is 1. The molecule has 110 valence electrons. The monoisotopic (exact) mass is 269 g/mol. The quantitative estimate of drug-likeness (QED) is 0.747. The summed E-state index contributed by atoms with van der Waals surface area (Å²) in [6.45, 7) is 9.63. The first-order chi connectivity index (χ1) is 9.12. The average molecular weight is 269 g/mol. The molecule has 0 radical (unpaired) electrons. The van der Waals surface area contributed by atoms with E-state index < -0.39 is 0 Å². The van der Waals surface area contributed by atoms with E-state index in [0.29, 0.717) is 23.7 Å². The molecule has 0 amide bonds. The van der Waals surface area contributed by atoms with Gasteiger partial charge < -0.3 is 14.6 Å². The number of aromatic nitrogens is 2. The van der Waals surface area contributed by atoms with E-state index >= 15 is 0 Å². The molecule has 5 heteroatoms. The van der Waals surface area contributed by atoms with Crippen molar-refractivity contribution >= 4 is 0 Å². The Kier molecular flexibility index (Phi) is 7.02. The minimum Gasteiger partial charge on any atom is -0.373 e. The van der Waals surface area contributed by atoms with Gasteiger partial charge in [-0.3, -0.25) is 0 Å². The molecule has 0 fully saturated rings. The fourth-order valence-corrected chi connectivity index (χ4v) is 2.00. The van der Waals surface area contributed by atoms with Crippen molar-refractivity contribution in [3.63, 3.8) is 0 Å². The highest BCUT2D eigenvalue weighted by molar-refractivity contribution is 4.93. The van der Waals surface area contributed by atoms with Gasteiger partial charge in [0.25, 0.3) is 0 Å². The van der Waals surface area contributed by atoms with Gasteiger partial charge in [0.1, 0.15) is 6.10 Å². The Morgan fingerprint density at radius 3 is 2.58 bits per heavy atom. The lowest BCUT2D eigenvalue weighted by Crippen LogP contribution is -2.36. The topological polar surface area (TPSA) is 60.2 Å². The first kappa shape index (κ1) is 16.1. The molecule has 0 saturated carbocycles. The van der Waals surface area contributed by atoms with Crippen molar-refractivity contribution in [2.75, 3.05) is 13.7 Å². The molecule has 1 heterocycles. The molecular weight excluding hydrogens is 242 g/mol.